The van der Waals surface area contributed by atoms with E-state index in [9.17, 15) is 29.1 Å². The van der Waals surface area contributed by atoms with Crippen molar-refractivity contribution in [2.24, 2.45) is 11.3 Å². The molecule has 16 heteroatoms. The number of nitrogens with zero attached hydrogens (tertiary/aromatic N) is 5. The summed E-state index contributed by atoms with van der Waals surface area (Å²) in [4.78, 5) is 80.3. The van der Waals surface area contributed by atoms with Crippen molar-refractivity contribution in [1.29, 1.82) is 0 Å². The van der Waals surface area contributed by atoms with Crippen molar-refractivity contribution in [3.05, 3.63) is 70.9 Å². The summed E-state index contributed by atoms with van der Waals surface area (Å²) in [5, 5.41) is 16.7. The Morgan fingerprint density at radius 2 is 1.60 bits per heavy atom. The number of carbonyl (C=O) groups is 5. The summed E-state index contributed by atoms with van der Waals surface area (Å²) < 4.78 is 0. The molecule has 62 heavy (non-hydrogen) atoms. The third-order valence-electron chi connectivity index (χ3n) is 12.3. The van der Waals surface area contributed by atoms with Gasteiger partial charge in [-0.15, -0.1) is 11.3 Å². The molecule has 0 bridgehead atoms. The van der Waals surface area contributed by atoms with E-state index >= 15 is 0 Å². The fourth-order valence-electron chi connectivity index (χ4n) is 8.50. The lowest BCUT2D eigenvalue weighted by Crippen LogP contribution is -2.58. The first-order valence-electron chi connectivity index (χ1n) is 22.1. The van der Waals surface area contributed by atoms with Crippen molar-refractivity contribution in [3.8, 4) is 10.4 Å². The van der Waals surface area contributed by atoms with E-state index in [0.29, 0.717) is 44.6 Å². The molecule has 3 saturated heterocycles. The minimum Gasteiger partial charge on any atom is -0.391 e. The number of aliphatic hydroxyl groups excluding tert-OH is 1. The molecular formula is C46H65N9O6S. The van der Waals surface area contributed by atoms with Crippen LogP contribution in [0.2, 0.25) is 0 Å². The van der Waals surface area contributed by atoms with Crippen LogP contribution in [0.1, 0.15) is 94.4 Å². The fourth-order valence-corrected chi connectivity index (χ4v) is 9.31. The van der Waals surface area contributed by atoms with Crippen LogP contribution in [0, 0.1) is 18.3 Å². The minimum atomic E-state index is -0.906. The highest BCUT2D eigenvalue weighted by Gasteiger charge is 2.45. The second-order valence-corrected chi connectivity index (χ2v) is 19.0. The van der Waals surface area contributed by atoms with Gasteiger partial charge in [-0.1, -0.05) is 52.0 Å². The molecule has 3 fully saturated rings. The van der Waals surface area contributed by atoms with Crippen LogP contribution in [-0.4, -0.2) is 131 Å². The van der Waals surface area contributed by atoms with Crippen molar-refractivity contribution in [1.82, 2.24) is 41.2 Å². The Bertz CT molecular complexity index is 2000. The third-order valence-corrected chi connectivity index (χ3v) is 13.3. The summed E-state index contributed by atoms with van der Waals surface area (Å²) in [7, 11) is 0. The lowest BCUT2D eigenvalue weighted by atomic mass is 9.85. The maximum Gasteiger partial charge on any atom is 0.265 e. The largest absolute Gasteiger partial charge is 0.391 e. The van der Waals surface area contributed by atoms with Crippen molar-refractivity contribution >= 4 is 46.6 Å². The molecule has 0 saturated carbocycles. The summed E-state index contributed by atoms with van der Waals surface area (Å²) in [6.07, 6.45) is 1.79. The SMILES string of the molecule is CCCNNC(=O)c1ccc(N2CCN(CC(=O)N3CCC(CC(=O)N[C@H](C(=O)N4C[C@H](O)C[C@H]4C(=O)N[C@@H](C)c4ccc(-c5scnc5C)cc4)C(C)(C)C)CC3)CC2)cc1. The maximum atomic E-state index is 14.2. The number of aliphatic hydroxyl groups is 1. The van der Waals surface area contributed by atoms with E-state index in [2.05, 4.69) is 36.3 Å². The van der Waals surface area contributed by atoms with Gasteiger partial charge in [0.2, 0.25) is 23.6 Å². The quantitative estimate of drug-likeness (QED) is 0.111. The lowest BCUT2D eigenvalue weighted by molar-refractivity contribution is -0.144. The highest BCUT2D eigenvalue weighted by atomic mass is 32.1. The number of hydrogen-bond acceptors (Lipinski definition) is 11. The molecule has 4 atom stereocenters. The van der Waals surface area contributed by atoms with Gasteiger partial charge in [0, 0.05) is 76.5 Å². The maximum absolute atomic E-state index is 14.2. The number of anilines is 1. The Morgan fingerprint density at radius 1 is 0.919 bits per heavy atom. The molecule has 4 heterocycles. The van der Waals surface area contributed by atoms with Gasteiger partial charge in [-0.3, -0.25) is 34.3 Å². The predicted octanol–water partition coefficient (Wildman–Crippen LogP) is 3.88. The number of amides is 5. The third kappa shape index (κ3) is 12.0. The second kappa shape index (κ2) is 21.0. The molecule has 0 unspecified atom stereocenters. The molecule has 3 aliphatic heterocycles. The van der Waals surface area contributed by atoms with E-state index in [1.807, 2.05) is 100 Å². The standard InChI is InChI=1S/C46H65N9O6S/c1-7-18-48-51-43(59)35-12-14-36(15-13-35)53-23-21-52(22-24-53)28-40(58)54-19-16-32(17-20-54)25-39(57)50-42(46(4,5)6)45(61)55-27-37(56)26-38(55)44(60)49-30(2)33-8-10-34(11-9-33)41-31(3)47-29-62-41/h8-15,29-30,32,37-38,42,48,56H,7,16-28H2,1-6H3,(H,49,60)(H,50,57)(H,51,59)/t30-,37+,38-,42+/m0/s1. The summed E-state index contributed by atoms with van der Waals surface area (Å²) >= 11 is 1.58. The fraction of sp³-hybridized carbons (Fsp3) is 0.565. The van der Waals surface area contributed by atoms with Crippen LogP contribution < -0.4 is 26.4 Å². The molecule has 2 aromatic carbocycles. The molecule has 15 nitrogen and oxygen atoms in total. The zero-order valence-corrected chi connectivity index (χ0v) is 37.9. The molecule has 3 aromatic rings. The van der Waals surface area contributed by atoms with E-state index in [0.717, 1.165) is 60.0 Å². The van der Waals surface area contributed by atoms with Crippen molar-refractivity contribution in [2.45, 2.75) is 97.9 Å². The average Bonchev–Trinajstić information content (AvgIpc) is 3.88. The predicted molar refractivity (Wildman–Crippen MR) is 241 cm³/mol. The van der Waals surface area contributed by atoms with E-state index in [1.165, 1.54) is 4.90 Å². The molecule has 336 valence electrons. The van der Waals surface area contributed by atoms with Gasteiger partial charge in [-0.05, 0) is 79.8 Å². The Morgan fingerprint density at radius 3 is 2.21 bits per heavy atom. The lowest BCUT2D eigenvalue weighted by Gasteiger charge is -2.38. The van der Waals surface area contributed by atoms with Gasteiger partial charge >= 0.3 is 0 Å². The summed E-state index contributed by atoms with van der Waals surface area (Å²) in [6, 6.07) is 13.4. The number of likely N-dealkylation sites (tertiary alicyclic amines) is 2. The van der Waals surface area contributed by atoms with Gasteiger partial charge < -0.3 is 30.4 Å². The summed E-state index contributed by atoms with van der Waals surface area (Å²) in [5.74, 6) is -0.985. The van der Waals surface area contributed by atoms with Crippen LogP contribution >= 0.6 is 11.3 Å². The van der Waals surface area contributed by atoms with E-state index in [4.69, 9.17) is 0 Å². The molecule has 3 aliphatic rings. The Balaban J connectivity index is 0.941. The Kier molecular flexibility index (Phi) is 15.8. The van der Waals surface area contributed by atoms with Crippen molar-refractivity contribution in [2.75, 3.05) is 63.8 Å². The van der Waals surface area contributed by atoms with Gasteiger partial charge in [-0.25, -0.2) is 10.4 Å². The Hall–Kier alpha value is -4.90. The molecular weight excluding hydrogens is 807 g/mol. The zero-order chi connectivity index (χ0) is 44.6. The topological polar surface area (TPSA) is 180 Å². The van der Waals surface area contributed by atoms with Gasteiger partial charge in [0.15, 0.2) is 0 Å². The summed E-state index contributed by atoms with van der Waals surface area (Å²) in [5.41, 5.74) is 11.4. The van der Waals surface area contributed by atoms with Crippen LogP contribution in [0.3, 0.4) is 0 Å². The van der Waals surface area contributed by atoms with Crippen LogP contribution in [-0.2, 0) is 19.2 Å². The molecule has 5 N–H and O–H groups in total. The first-order chi connectivity index (χ1) is 29.6. The number of nitrogens with one attached hydrogen (secondary N) is 4. The molecule has 0 radical (unpaired) electrons. The highest BCUT2D eigenvalue weighted by molar-refractivity contribution is 7.13. The molecule has 0 aliphatic carbocycles. The van der Waals surface area contributed by atoms with Crippen molar-refractivity contribution in [3.63, 3.8) is 0 Å². The van der Waals surface area contributed by atoms with Crippen molar-refractivity contribution < 1.29 is 29.1 Å². The number of benzene rings is 2. The van der Waals surface area contributed by atoms with Gasteiger partial charge in [0.25, 0.3) is 5.91 Å². The first kappa shape index (κ1) is 46.6. The van der Waals surface area contributed by atoms with Gasteiger partial charge in [0.05, 0.1) is 34.8 Å². The normalized spacial score (nSPS) is 19.8. The number of thiazole rings is 1. The Labute approximate surface area is 370 Å². The number of piperazine rings is 1. The number of aromatic nitrogens is 1. The second-order valence-electron chi connectivity index (χ2n) is 18.1. The monoisotopic (exact) mass is 871 g/mol. The average molecular weight is 872 g/mol. The molecule has 6 rings (SSSR count). The van der Waals surface area contributed by atoms with E-state index in [1.54, 1.807) is 11.3 Å². The zero-order valence-electron chi connectivity index (χ0n) is 37.1. The van der Waals surface area contributed by atoms with Crippen LogP contribution in [0.4, 0.5) is 5.69 Å². The van der Waals surface area contributed by atoms with Gasteiger partial charge in [0.1, 0.15) is 12.1 Å². The van der Waals surface area contributed by atoms with Crippen LogP contribution in [0.25, 0.3) is 10.4 Å². The smallest absolute Gasteiger partial charge is 0.265 e. The van der Waals surface area contributed by atoms with Crippen LogP contribution in [0.15, 0.2) is 54.0 Å². The number of piperidine rings is 1. The highest BCUT2D eigenvalue weighted by Crippen LogP contribution is 2.30. The van der Waals surface area contributed by atoms with E-state index < -0.39 is 29.5 Å². The molecule has 5 amide bonds. The van der Waals surface area contributed by atoms with Crippen LogP contribution in [0.5, 0.6) is 0 Å². The number of hydrogen-bond donors (Lipinski definition) is 5. The summed E-state index contributed by atoms with van der Waals surface area (Å²) in [6.45, 7) is 16.8. The first-order valence-corrected chi connectivity index (χ1v) is 23.0. The number of carbonyl (C=O) groups excluding carboxylic acids is 5. The molecule has 1 aromatic heterocycles. The number of hydrazine groups is 1. The van der Waals surface area contributed by atoms with E-state index in [-0.39, 0.29) is 55.0 Å². The van der Waals surface area contributed by atoms with Gasteiger partial charge in [-0.2, -0.15) is 0 Å². The number of aryl methyl sites for hydroxylation is 1. The number of β-amino-alcohol motifs (C(OH)–C–C–N with tert-alkyl or cyclic N) is 1. The number of rotatable bonds is 15. The molecule has 0 spiro atoms. The minimum absolute atomic E-state index is 0.00539.